The number of rotatable bonds is 6. The van der Waals surface area contributed by atoms with Gasteiger partial charge in [-0.25, -0.2) is 9.78 Å². The Hall–Kier alpha value is -1.73. The summed E-state index contributed by atoms with van der Waals surface area (Å²) in [4.78, 5) is 14.7. The van der Waals surface area contributed by atoms with Crippen molar-refractivity contribution in [3.8, 4) is 0 Å². The highest BCUT2D eigenvalue weighted by Crippen LogP contribution is 2.14. The van der Waals surface area contributed by atoms with Gasteiger partial charge in [0, 0.05) is 25.5 Å². The average Bonchev–Trinajstić information content (AvgIpc) is 2.78. The molecule has 0 radical (unpaired) electrons. The van der Waals surface area contributed by atoms with Gasteiger partial charge in [0.15, 0.2) is 6.61 Å². The predicted octanol–water partition coefficient (Wildman–Crippen LogP) is 1.95. The lowest BCUT2D eigenvalue weighted by atomic mass is 10.3. The summed E-state index contributed by atoms with van der Waals surface area (Å²) in [6.45, 7) is -0.529. The molecule has 1 N–H and O–H groups in total. The third kappa shape index (κ3) is 6.77. The summed E-state index contributed by atoms with van der Waals surface area (Å²) in [6.07, 6.45) is 1.05. The van der Waals surface area contributed by atoms with Crippen LogP contribution in [-0.2, 0) is 11.3 Å². The maximum absolute atomic E-state index is 11.7. The highest BCUT2D eigenvalue weighted by Gasteiger charge is 2.29. The fraction of sp³-hybridized carbons (Fsp3) is 0.600. The quantitative estimate of drug-likeness (QED) is 0.800. The van der Waals surface area contributed by atoms with E-state index in [1.807, 2.05) is 10.8 Å². The van der Waals surface area contributed by atoms with Gasteiger partial charge < -0.3 is 14.6 Å². The fourth-order valence-electron chi connectivity index (χ4n) is 1.23. The van der Waals surface area contributed by atoms with Crippen molar-refractivity contribution in [1.29, 1.82) is 0 Å². The number of unbranched alkanes of at least 4 members (excludes halogenated alkanes) is 1. The maximum atomic E-state index is 11.7. The van der Waals surface area contributed by atoms with Crippen molar-refractivity contribution in [2.45, 2.75) is 25.6 Å². The lowest BCUT2D eigenvalue weighted by molar-refractivity contribution is -0.160. The predicted molar refractivity (Wildman–Crippen MR) is 56.9 cm³/mol. The van der Waals surface area contributed by atoms with Crippen LogP contribution in [0.15, 0.2) is 18.7 Å². The minimum absolute atomic E-state index is 0.283. The van der Waals surface area contributed by atoms with Crippen molar-refractivity contribution in [1.82, 2.24) is 14.9 Å². The zero-order chi connectivity index (χ0) is 13.4. The topological polar surface area (TPSA) is 56.2 Å². The van der Waals surface area contributed by atoms with Crippen LogP contribution in [-0.4, -0.2) is 35.0 Å². The van der Waals surface area contributed by atoms with E-state index in [-0.39, 0.29) is 6.54 Å². The largest absolute Gasteiger partial charge is 0.440 e. The first kappa shape index (κ1) is 14.3. The summed E-state index contributed by atoms with van der Waals surface area (Å²) < 4.78 is 41.0. The van der Waals surface area contributed by atoms with Gasteiger partial charge in [-0.1, -0.05) is 0 Å². The number of aromatic nitrogens is 2. The smallest absolute Gasteiger partial charge is 0.422 e. The molecule has 1 heterocycles. The highest BCUT2D eigenvalue weighted by atomic mass is 19.4. The summed E-state index contributed by atoms with van der Waals surface area (Å²) in [7, 11) is 0. The van der Waals surface area contributed by atoms with E-state index in [0.29, 0.717) is 6.42 Å². The Kier molecular flexibility index (Phi) is 5.47. The molecular weight excluding hydrogens is 251 g/mol. The molecule has 0 aliphatic rings. The van der Waals surface area contributed by atoms with Crippen LogP contribution in [0.5, 0.6) is 0 Å². The van der Waals surface area contributed by atoms with Crippen molar-refractivity contribution in [3.05, 3.63) is 18.7 Å². The van der Waals surface area contributed by atoms with E-state index < -0.39 is 18.9 Å². The first-order chi connectivity index (χ1) is 8.47. The van der Waals surface area contributed by atoms with Crippen molar-refractivity contribution >= 4 is 6.09 Å². The maximum Gasteiger partial charge on any atom is 0.422 e. The summed E-state index contributed by atoms with van der Waals surface area (Å²) in [5.74, 6) is 0. The number of imidazole rings is 1. The number of alkyl carbamates (subject to hydrolysis) is 1. The summed E-state index contributed by atoms with van der Waals surface area (Å²) in [5.41, 5.74) is 0. The van der Waals surface area contributed by atoms with E-state index in [4.69, 9.17) is 0 Å². The molecule has 0 aliphatic heterocycles. The Bertz CT molecular complexity index is 352. The molecule has 5 nitrogen and oxygen atoms in total. The Labute approximate surface area is 102 Å². The van der Waals surface area contributed by atoms with Crippen LogP contribution in [0.4, 0.5) is 18.0 Å². The molecular formula is C10H14F3N3O2. The summed E-state index contributed by atoms with van der Waals surface area (Å²) in [6, 6.07) is 0. The van der Waals surface area contributed by atoms with Crippen molar-refractivity contribution in [2.24, 2.45) is 0 Å². The Morgan fingerprint density at radius 1 is 1.39 bits per heavy atom. The normalized spacial score (nSPS) is 11.3. The molecule has 0 fully saturated rings. The number of amides is 1. The molecule has 0 spiro atoms. The van der Waals surface area contributed by atoms with Crippen LogP contribution in [0.3, 0.4) is 0 Å². The van der Waals surface area contributed by atoms with Crippen LogP contribution < -0.4 is 5.32 Å². The molecule has 1 amide bonds. The van der Waals surface area contributed by atoms with Crippen LogP contribution in [0, 0.1) is 0 Å². The number of halogens is 3. The second kappa shape index (κ2) is 6.87. The molecule has 1 aromatic heterocycles. The molecule has 0 aromatic carbocycles. The number of carbonyl (C=O) groups is 1. The number of hydrogen-bond donors (Lipinski definition) is 1. The number of aryl methyl sites for hydroxylation is 1. The molecule has 1 aromatic rings. The van der Waals surface area contributed by atoms with Gasteiger partial charge in [0.2, 0.25) is 0 Å². The second-order valence-electron chi connectivity index (χ2n) is 3.63. The average molecular weight is 265 g/mol. The van der Waals surface area contributed by atoms with E-state index in [1.54, 1.807) is 12.5 Å². The Balaban J connectivity index is 1.99. The van der Waals surface area contributed by atoms with Crippen molar-refractivity contribution in [3.63, 3.8) is 0 Å². The Morgan fingerprint density at radius 3 is 2.78 bits per heavy atom. The van der Waals surface area contributed by atoms with Crippen LogP contribution in [0.1, 0.15) is 12.8 Å². The minimum Gasteiger partial charge on any atom is -0.440 e. The number of nitrogens with one attached hydrogen (secondary N) is 1. The van der Waals surface area contributed by atoms with Gasteiger partial charge in [-0.15, -0.1) is 0 Å². The Morgan fingerprint density at radius 2 is 2.17 bits per heavy atom. The van der Waals surface area contributed by atoms with Crippen LogP contribution >= 0.6 is 0 Å². The van der Waals surface area contributed by atoms with E-state index in [2.05, 4.69) is 15.0 Å². The third-order valence-electron chi connectivity index (χ3n) is 2.04. The zero-order valence-corrected chi connectivity index (χ0v) is 9.61. The first-order valence-electron chi connectivity index (χ1n) is 5.40. The molecule has 0 bridgehead atoms. The van der Waals surface area contributed by atoms with Crippen molar-refractivity contribution in [2.75, 3.05) is 13.2 Å². The molecule has 0 atom stereocenters. The van der Waals surface area contributed by atoms with Gasteiger partial charge in [0.1, 0.15) is 0 Å². The van der Waals surface area contributed by atoms with E-state index >= 15 is 0 Å². The first-order valence-corrected chi connectivity index (χ1v) is 5.40. The molecule has 18 heavy (non-hydrogen) atoms. The molecule has 1 rings (SSSR count). The molecule has 0 saturated carbocycles. The van der Waals surface area contributed by atoms with Gasteiger partial charge in [-0.2, -0.15) is 13.2 Å². The summed E-state index contributed by atoms with van der Waals surface area (Å²) >= 11 is 0. The van der Waals surface area contributed by atoms with Gasteiger partial charge in [-0.05, 0) is 12.8 Å². The number of ether oxygens (including phenoxy) is 1. The van der Waals surface area contributed by atoms with Gasteiger partial charge in [0.25, 0.3) is 0 Å². The number of carbonyl (C=O) groups excluding carboxylic acids is 1. The SMILES string of the molecule is O=C(NCCCCn1ccnc1)OCC(F)(F)F. The summed E-state index contributed by atoms with van der Waals surface area (Å²) in [5, 5.41) is 2.25. The van der Waals surface area contributed by atoms with Gasteiger partial charge in [-0.3, -0.25) is 0 Å². The number of hydrogen-bond acceptors (Lipinski definition) is 3. The fourth-order valence-corrected chi connectivity index (χ4v) is 1.23. The van der Waals surface area contributed by atoms with E-state index in [1.165, 1.54) is 0 Å². The molecule has 0 aliphatic carbocycles. The number of nitrogens with zero attached hydrogens (tertiary/aromatic N) is 2. The molecule has 0 unspecified atom stereocenters. The molecule has 0 saturated heterocycles. The monoisotopic (exact) mass is 265 g/mol. The van der Waals surface area contributed by atoms with E-state index in [0.717, 1.165) is 13.0 Å². The second-order valence-corrected chi connectivity index (χ2v) is 3.63. The molecule has 102 valence electrons. The highest BCUT2D eigenvalue weighted by molar-refractivity contribution is 5.67. The third-order valence-corrected chi connectivity index (χ3v) is 2.04. The van der Waals surface area contributed by atoms with Gasteiger partial charge >= 0.3 is 12.3 Å². The van der Waals surface area contributed by atoms with Gasteiger partial charge in [0.05, 0.1) is 6.33 Å². The van der Waals surface area contributed by atoms with E-state index in [9.17, 15) is 18.0 Å². The lowest BCUT2D eigenvalue weighted by Gasteiger charge is -2.09. The number of alkyl halides is 3. The molecule has 8 heteroatoms. The zero-order valence-electron chi connectivity index (χ0n) is 9.61. The lowest BCUT2D eigenvalue weighted by Crippen LogP contribution is -2.29. The standard InChI is InChI=1S/C10H14F3N3O2/c11-10(12,13)7-18-9(17)15-3-1-2-5-16-6-4-14-8-16/h4,6,8H,1-3,5,7H2,(H,15,17). The van der Waals surface area contributed by atoms with Crippen molar-refractivity contribution < 1.29 is 22.7 Å². The minimum atomic E-state index is -4.49. The van der Waals surface area contributed by atoms with Crippen LogP contribution in [0.2, 0.25) is 0 Å². The van der Waals surface area contributed by atoms with Crippen LogP contribution in [0.25, 0.3) is 0 Å².